The first kappa shape index (κ1) is 10.5. The summed E-state index contributed by atoms with van der Waals surface area (Å²) in [5.41, 5.74) is 2.06. The Bertz CT molecular complexity index is 536. The molecular formula is C12H16N4O. The number of nitrogens with one attached hydrogen (secondary N) is 1. The highest BCUT2D eigenvalue weighted by Crippen LogP contribution is 2.29. The van der Waals surface area contributed by atoms with Gasteiger partial charge in [0.25, 0.3) is 0 Å². The molecule has 1 aliphatic rings. The van der Waals surface area contributed by atoms with Gasteiger partial charge in [0.15, 0.2) is 0 Å². The third kappa shape index (κ3) is 1.67. The van der Waals surface area contributed by atoms with E-state index in [0.29, 0.717) is 5.92 Å². The Morgan fingerprint density at radius 3 is 3.18 bits per heavy atom. The molecule has 1 atom stereocenters. The molecule has 3 rings (SSSR count). The van der Waals surface area contributed by atoms with Crippen LogP contribution in [0.5, 0.6) is 0 Å². The van der Waals surface area contributed by atoms with Crippen molar-refractivity contribution in [3.05, 3.63) is 18.1 Å². The van der Waals surface area contributed by atoms with Crippen LogP contribution in [0.4, 0.5) is 5.82 Å². The largest absolute Gasteiger partial charge is 0.396 e. The first-order chi connectivity index (χ1) is 8.29. The monoisotopic (exact) mass is 232 g/mol. The summed E-state index contributed by atoms with van der Waals surface area (Å²) in [6.45, 7) is 4.16. The lowest BCUT2D eigenvalue weighted by Gasteiger charge is -2.18. The number of aliphatic hydroxyl groups is 1. The summed E-state index contributed by atoms with van der Waals surface area (Å²) >= 11 is 0. The summed E-state index contributed by atoms with van der Waals surface area (Å²) in [7, 11) is 0. The number of aromatic nitrogens is 3. The van der Waals surface area contributed by atoms with Crippen molar-refractivity contribution in [2.75, 3.05) is 24.6 Å². The quantitative estimate of drug-likeness (QED) is 0.813. The average molecular weight is 232 g/mol. The van der Waals surface area contributed by atoms with Crippen LogP contribution in [0, 0.1) is 12.8 Å². The minimum Gasteiger partial charge on any atom is -0.396 e. The Morgan fingerprint density at radius 1 is 1.53 bits per heavy atom. The number of fused-ring (bicyclic) bond motifs is 1. The van der Waals surface area contributed by atoms with Crippen molar-refractivity contribution in [2.45, 2.75) is 13.3 Å². The van der Waals surface area contributed by atoms with E-state index in [1.807, 2.05) is 6.20 Å². The number of aliphatic hydroxyl groups excluding tert-OH is 1. The maximum Gasteiger partial charge on any atom is 0.143 e. The van der Waals surface area contributed by atoms with E-state index in [1.54, 1.807) is 6.33 Å². The second kappa shape index (κ2) is 4.00. The lowest BCUT2D eigenvalue weighted by atomic mass is 10.1. The maximum absolute atomic E-state index is 9.19. The van der Waals surface area contributed by atoms with Crippen LogP contribution in [0.25, 0.3) is 11.0 Å². The third-order valence-electron chi connectivity index (χ3n) is 3.49. The van der Waals surface area contributed by atoms with E-state index in [-0.39, 0.29) is 6.61 Å². The molecule has 1 fully saturated rings. The summed E-state index contributed by atoms with van der Waals surface area (Å²) in [6, 6.07) is 0. The summed E-state index contributed by atoms with van der Waals surface area (Å²) in [6.07, 6.45) is 4.59. The van der Waals surface area contributed by atoms with Gasteiger partial charge in [-0.15, -0.1) is 0 Å². The van der Waals surface area contributed by atoms with Crippen LogP contribution in [-0.4, -0.2) is 39.8 Å². The number of aryl methyl sites for hydroxylation is 1. The van der Waals surface area contributed by atoms with Crippen LogP contribution in [0.3, 0.4) is 0 Å². The maximum atomic E-state index is 9.19. The summed E-state index contributed by atoms with van der Waals surface area (Å²) in [5.74, 6) is 1.36. The Kier molecular flexibility index (Phi) is 2.48. The van der Waals surface area contributed by atoms with Crippen LogP contribution >= 0.6 is 0 Å². The molecule has 1 unspecified atom stereocenters. The van der Waals surface area contributed by atoms with E-state index in [0.717, 1.165) is 36.4 Å². The fourth-order valence-electron chi connectivity index (χ4n) is 2.51. The van der Waals surface area contributed by atoms with Crippen molar-refractivity contribution in [1.82, 2.24) is 15.0 Å². The highest BCUT2D eigenvalue weighted by atomic mass is 16.3. The van der Waals surface area contributed by atoms with E-state index in [2.05, 4.69) is 26.8 Å². The third-order valence-corrected chi connectivity index (χ3v) is 3.49. The van der Waals surface area contributed by atoms with Gasteiger partial charge >= 0.3 is 0 Å². The van der Waals surface area contributed by atoms with Gasteiger partial charge in [0.05, 0.1) is 5.39 Å². The highest BCUT2D eigenvalue weighted by molar-refractivity contribution is 5.90. The van der Waals surface area contributed by atoms with Gasteiger partial charge in [0.1, 0.15) is 17.8 Å². The summed E-state index contributed by atoms with van der Waals surface area (Å²) in [4.78, 5) is 14.0. The molecule has 5 heteroatoms. The molecule has 1 saturated heterocycles. The summed E-state index contributed by atoms with van der Waals surface area (Å²) < 4.78 is 0. The number of rotatable bonds is 2. The van der Waals surface area contributed by atoms with Gasteiger partial charge < -0.3 is 15.0 Å². The number of nitrogens with zero attached hydrogens (tertiary/aromatic N) is 3. The number of hydrogen-bond donors (Lipinski definition) is 2. The van der Waals surface area contributed by atoms with Crippen LogP contribution in [-0.2, 0) is 0 Å². The number of hydrogen-bond acceptors (Lipinski definition) is 4. The van der Waals surface area contributed by atoms with Gasteiger partial charge in [-0.05, 0) is 18.9 Å². The van der Waals surface area contributed by atoms with E-state index < -0.39 is 0 Å². The molecule has 0 saturated carbocycles. The molecule has 2 aromatic heterocycles. The van der Waals surface area contributed by atoms with Crippen molar-refractivity contribution >= 4 is 16.9 Å². The molecule has 0 bridgehead atoms. The number of aromatic amines is 1. The summed E-state index contributed by atoms with van der Waals surface area (Å²) in [5, 5.41) is 10.3. The lowest BCUT2D eigenvalue weighted by Crippen LogP contribution is -2.22. The van der Waals surface area contributed by atoms with Crippen LogP contribution in [0.15, 0.2) is 12.5 Å². The van der Waals surface area contributed by atoms with Crippen LogP contribution in [0.2, 0.25) is 0 Å². The van der Waals surface area contributed by atoms with Crippen molar-refractivity contribution in [2.24, 2.45) is 5.92 Å². The zero-order chi connectivity index (χ0) is 11.8. The molecule has 0 radical (unpaired) electrons. The minimum atomic E-state index is 0.261. The number of anilines is 1. The average Bonchev–Trinajstić information content (AvgIpc) is 2.96. The molecule has 5 nitrogen and oxygen atoms in total. The number of H-pyrrole nitrogens is 1. The van der Waals surface area contributed by atoms with E-state index in [9.17, 15) is 5.11 Å². The van der Waals surface area contributed by atoms with Crippen LogP contribution in [0.1, 0.15) is 12.0 Å². The molecule has 2 aromatic rings. The first-order valence-electron chi connectivity index (χ1n) is 5.94. The fourth-order valence-corrected chi connectivity index (χ4v) is 2.51. The minimum absolute atomic E-state index is 0.261. The second-order valence-corrected chi connectivity index (χ2v) is 4.68. The molecule has 0 amide bonds. The lowest BCUT2D eigenvalue weighted by molar-refractivity contribution is 0.238. The predicted molar refractivity (Wildman–Crippen MR) is 66.0 cm³/mol. The molecule has 1 aliphatic heterocycles. The van der Waals surface area contributed by atoms with Crippen molar-refractivity contribution < 1.29 is 5.11 Å². The molecule has 0 aliphatic carbocycles. The van der Waals surface area contributed by atoms with Gasteiger partial charge in [-0.2, -0.15) is 0 Å². The van der Waals surface area contributed by atoms with Gasteiger partial charge in [-0.1, -0.05) is 0 Å². The Balaban J connectivity index is 2.03. The van der Waals surface area contributed by atoms with E-state index in [1.165, 1.54) is 5.56 Å². The predicted octanol–water partition coefficient (Wildman–Crippen LogP) is 1.08. The van der Waals surface area contributed by atoms with E-state index >= 15 is 0 Å². The molecule has 17 heavy (non-hydrogen) atoms. The SMILES string of the molecule is Cc1c[nH]c2ncnc(N3CCC(CO)C3)c12. The van der Waals surface area contributed by atoms with Gasteiger partial charge in [-0.3, -0.25) is 0 Å². The Labute approximate surface area is 99.5 Å². The topological polar surface area (TPSA) is 65.0 Å². The highest BCUT2D eigenvalue weighted by Gasteiger charge is 2.24. The smallest absolute Gasteiger partial charge is 0.143 e. The van der Waals surface area contributed by atoms with E-state index in [4.69, 9.17) is 0 Å². The van der Waals surface area contributed by atoms with Crippen molar-refractivity contribution in [1.29, 1.82) is 0 Å². The van der Waals surface area contributed by atoms with Gasteiger partial charge in [0, 0.05) is 31.8 Å². The normalized spacial score (nSPS) is 20.4. The fraction of sp³-hybridized carbons (Fsp3) is 0.500. The second-order valence-electron chi connectivity index (χ2n) is 4.68. The van der Waals surface area contributed by atoms with Crippen molar-refractivity contribution in [3.8, 4) is 0 Å². The zero-order valence-corrected chi connectivity index (χ0v) is 9.85. The first-order valence-corrected chi connectivity index (χ1v) is 5.94. The molecule has 0 spiro atoms. The Hall–Kier alpha value is -1.62. The molecule has 3 heterocycles. The van der Waals surface area contributed by atoms with Gasteiger partial charge in [-0.25, -0.2) is 9.97 Å². The zero-order valence-electron chi connectivity index (χ0n) is 9.85. The van der Waals surface area contributed by atoms with Crippen molar-refractivity contribution in [3.63, 3.8) is 0 Å². The molecular weight excluding hydrogens is 216 g/mol. The Morgan fingerprint density at radius 2 is 2.41 bits per heavy atom. The molecule has 2 N–H and O–H groups in total. The standard InChI is InChI=1S/C12H16N4O/c1-8-4-13-11-10(8)12(15-7-14-11)16-3-2-9(5-16)6-17/h4,7,9,17H,2-3,5-6H2,1H3,(H,13,14,15). The van der Waals surface area contributed by atoms with Gasteiger partial charge in [0.2, 0.25) is 0 Å². The molecule has 90 valence electrons. The van der Waals surface area contributed by atoms with Crippen LogP contribution < -0.4 is 4.90 Å². The molecule has 0 aromatic carbocycles.